The van der Waals surface area contributed by atoms with Gasteiger partial charge in [0.2, 0.25) is 0 Å². The Labute approximate surface area is 110 Å². The zero-order valence-electron chi connectivity index (χ0n) is 9.17. The second-order valence-corrected chi connectivity index (χ2v) is 5.24. The minimum atomic E-state index is 0.0768. The molecule has 0 aromatic heterocycles. The van der Waals surface area contributed by atoms with Crippen LogP contribution in [0.5, 0.6) is 5.75 Å². The van der Waals surface area contributed by atoms with Crippen molar-refractivity contribution in [2.24, 2.45) is 5.73 Å². The van der Waals surface area contributed by atoms with Gasteiger partial charge in [0.05, 0.1) is 5.02 Å². The Morgan fingerprint density at radius 1 is 1.62 bits per heavy atom. The molecule has 0 radical (unpaired) electrons. The summed E-state index contributed by atoms with van der Waals surface area (Å²) in [6, 6.07) is 5.75. The zero-order valence-corrected chi connectivity index (χ0v) is 11.5. The summed E-state index contributed by atoms with van der Waals surface area (Å²) in [5.74, 6) is 0.696. The molecule has 1 unspecified atom stereocenters. The lowest BCUT2D eigenvalue weighted by Crippen LogP contribution is -2.18. The van der Waals surface area contributed by atoms with Gasteiger partial charge in [0, 0.05) is 10.5 Å². The van der Waals surface area contributed by atoms with Gasteiger partial charge in [-0.1, -0.05) is 46.2 Å². The van der Waals surface area contributed by atoms with Crippen molar-refractivity contribution in [3.63, 3.8) is 0 Å². The Bertz CT molecular complexity index is 379. The van der Waals surface area contributed by atoms with E-state index in [1.807, 2.05) is 19.1 Å². The largest absolute Gasteiger partial charge is 0.487 e. The second kappa shape index (κ2) is 6.28. The standard InChI is InChI=1S/C12H15BrClNO/c1-8(13)7-16-12-10(6-9(2)15)4-3-5-11(12)14/h3-5,9H,1,6-7,15H2,2H3. The van der Waals surface area contributed by atoms with E-state index in [2.05, 4.69) is 22.5 Å². The van der Waals surface area contributed by atoms with Crippen LogP contribution in [0, 0.1) is 0 Å². The summed E-state index contributed by atoms with van der Waals surface area (Å²) in [6.07, 6.45) is 0.741. The smallest absolute Gasteiger partial charge is 0.141 e. The van der Waals surface area contributed by atoms with Gasteiger partial charge in [-0.05, 0) is 25.0 Å². The lowest BCUT2D eigenvalue weighted by molar-refractivity contribution is 0.356. The number of ether oxygens (including phenoxy) is 1. The average molecular weight is 305 g/mol. The third-order valence-corrected chi connectivity index (χ3v) is 2.49. The van der Waals surface area contributed by atoms with Gasteiger partial charge in [0.15, 0.2) is 0 Å². The van der Waals surface area contributed by atoms with Gasteiger partial charge in [-0.15, -0.1) is 0 Å². The highest BCUT2D eigenvalue weighted by Crippen LogP contribution is 2.30. The van der Waals surface area contributed by atoms with Crippen molar-refractivity contribution in [3.05, 3.63) is 39.8 Å². The topological polar surface area (TPSA) is 35.2 Å². The Kier molecular flexibility index (Phi) is 5.32. The zero-order chi connectivity index (χ0) is 12.1. The molecule has 1 atom stereocenters. The molecule has 0 heterocycles. The van der Waals surface area contributed by atoms with E-state index < -0.39 is 0 Å². The SMILES string of the molecule is C=C(Br)COc1c(Cl)cccc1CC(C)N. The van der Waals surface area contributed by atoms with Crippen molar-refractivity contribution in [1.82, 2.24) is 0 Å². The number of halogens is 2. The Morgan fingerprint density at radius 3 is 2.88 bits per heavy atom. The van der Waals surface area contributed by atoms with Crippen LogP contribution in [0.4, 0.5) is 0 Å². The molecule has 1 aromatic rings. The van der Waals surface area contributed by atoms with Crippen LogP contribution in [0.15, 0.2) is 29.3 Å². The third-order valence-electron chi connectivity index (χ3n) is 1.96. The van der Waals surface area contributed by atoms with Gasteiger partial charge in [-0.2, -0.15) is 0 Å². The number of hydrogen-bond donors (Lipinski definition) is 1. The average Bonchev–Trinajstić information content (AvgIpc) is 2.15. The van der Waals surface area contributed by atoms with Crippen molar-refractivity contribution in [3.8, 4) is 5.75 Å². The monoisotopic (exact) mass is 303 g/mol. The number of nitrogens with two attached hydrogens (primary N) is 1. The van der Waals surface area contributed by atoms with Crippen molar-refractivity contribution < 1.29 is 4.74 Å². The fraction of sp³-hybridized carbons (Fsp3) is 0.333. The van der Waals surface area contributed by atoms with E-state index in [0.717, 1.165) is 16.5 Å². The molecule has 2 nitrogen and oxygen atoms in total. The fourth-order valence-electron chi connectivity index (χ4n) is 1.37. The summed E-state index contributed by atoms with van der Waals surface area (Å²) in [4.78, 5) is 0. The number of benzene rings is 1. The van der Waals surface area contributed by atoms with E-state index in [-0.39, 0.29) is 6.04 Å². The minimum absolute atomic E-state index is 0.0768. The van der Waals surface area contributed by atoms with Gasteiger partial charge in [0.25, 0.3) is 0 Å². The first-order valence-corrected chi connectivity index (χ1v) is 6.17. The lowest BCUT2D eigenvalue weighted by atomic mass is 10.1. The van der Waals surface area contributed by atoms with Crippen LogP contribution in [0.25, 0.3) is 0 Å². The molecule has 0 amide bonds. The van der Waals surface area contributed by atoms with E-state index in [1.165, 1.54) is 0 Å². The van der Waals surface area contributed by atoms with Gasteiger partial charge in [0.1, 0.15) is 12.4 Å². The molecule has 0 bridgehead atoms. The minimum Gasteiger partial charge on any atom is -0.487 e. The quantitative estimate of drug-likeness (QED) is 0.903. The highest BCUT2D eigenvalue weighted by Gasteiger charge is 2.10. The van der Waals surface area contributed by atoms with E-state index in [4.69, 9.17) is 22.1 Å². The van der Waals surface area contributed by atoms with Gasteiger partial charge in [-0.25, -0.2) is 0 Å². The van der Waals surface area contributed by atoms with E-state index >= 15 is 0 Å². The first kappa shape index (κ1) is 13.6. The Hall–Kier alpha value is -0.510. The molecule has 0 spiro atoms. The Balaban J connectivity index is 2.89. The number of para-hydroxylation sites is 1. The molecule has 2 N–H and O–H groups in total. The van der Waals surface area contributed by atoms with E-state index in [9.17, 15) is 0 Å². The normalized spacial score (nSPS) is 12.2. The maximum atomic E-state index is 6.09. The molecule has 88 valence electrons. The summed E-state index contributed by atoms with van der Waals surface area (Å²) in [7, 11) is 0. The first-order valence-electron chi connectivity index (χ1n) is 4.99. The van der Waals surface area contributed by atoms with Crippen molar-refractivity contribution in [2.75, 3.05) is 6.61 Å². The molecule has 0 saturated heterocycles. The van der Waals surface area contributed by atoms with E-state index in [0.29, 0.717) is 17.4 Å². The maximum Gasteiger partial charge on any atom is 0.141 e. The van der Waals surface area contributed by atoms with Crippen LogP contribution in [0.2, 0.25) is 5.02 Å². The summed E-state index contributed by atoms with van der Waals surface area (Å²) in [5.41, 5.74) is 6.80. The lowest BCUT2D eigenvalue weighted by Gasteiger charge is -2.14. The third kappa shape index (κ3) is 4.16. The van der Waals surface area contributed by atoms with Crippen LogP contribution in [-0.4, -0.2) is 12.6 Å². The highest BCUT2D eigenvalue weighted by molar-refractivity contribution is 9.11. The fourth-order valence-corrected chi connectivity index (χ4v) is 1.74. The predicted octanol–water partition coefficient (Wildman–Crippen LogP) is 3.52. The maximum absolute atomic E-state index is 6.09. The molecule has 1 rings (SSSR count). The van der Waals surface area contributed by atoms with Crippen molar-refractivity contribution >= 4 is 27.5 Å². The molecule has 0 saturated carbocycles. The van der Waals surface area contributed by atoms with Crippen molar-refractivity contribution in [1.29, 1.82) is 0 Å². The summed E-state index contributed by atoms with van der Waals surface area (Å²) < 4.78 is 6.37. The molecule has 0 aliphatic rings. The number of hydrogen-bond acceptors (Lipinski definition) is 2. The predicted molar refractivity (Wildman–Crippen MR) is 72.4 cm³/mol. The number of rotatable bonds is 5. The van der Waals surface area contributed by atoms with Gasteiger partial charge < -0.3 is 10.5 Å². The summed E-state index contributed by atoms with van der Waals surface area (Å²) in [5, 5.41) is 0.604. The summed E-state index contributed by atoms with van der Waals surface area (Å²) in [6.45, 7) is 6.07. The highest BCUT2D eigenvalue weighted by atomic mass is 79.9. The van der Waals surface area contributed by atoms with Crippen LogP contribution in [0.1, 0.15) is 12.5 Å². The first-order chi connectivity index (χ1) is 7.50. The van der Waals surface area contributed by atoms with E-state index in [1.54, 1.807) is 6.07 Å². The molecule has 16 heavy (non-hydrogen) atoms. The molecule has 0 aliphatic carbocycles. The van der Waals surface area contributed by atoms with Crippen LogP contribution in [0.3, 0.4) is 0 Å². The second-order valence-electron chi connectivity index (χ2n) is 3.72. The van der Waals surface area contributed by atoms with Crippen LogP contribution >= 0.6 is 27.5 Å². The molecule has 1 aromatic carbocycles. The molecule has 4 heteroatoms. The van der Waals surface area contributed by atoms with Gasteiger partial charge in [-0.3, -0.25) is 0 Å². The molecular weight excluding hydrogens is 289 g/mol. The van der Waals surface area contributed by atoms with Crippen LogP contribution in [-0.2, 0) is 6.42 Å². The molecular formula is C12H15BrClNO. The van der Waals surface area contributed by atoms with Crippen molar-refractivity contribution in [2.45, 2.75) is 19.4 Å². The Morgan fingerprint density at radius 2 is 2.31 bits per heavy atom. The molecule has 0 fully saturated rings. The van der Waals surface area contributed by atoms with Crippen LogP contribution < -0.4 is 10.5 Å². The summed E-state index contributed by atoms with van der Waals surface area (Å²) >= 11 is 9.33. The van der Waals surface area contributed by atoms with Gasteiger partial charge >= 0.3 is 0 Å². The molecule has 0 aliphatic heterocycles.